The molecule has 6 heteroatoms. The van der Waals surface area contributed by atoms with Crippen LogP contribution in [0.5, 0.6) is 0 Å². The Balaban J connectivity index is 2.64. The molecule has 1 unspecified atom stereocenters. The molecular formula is C14H16ClF2N3. The van der Waals surface area contributed by atoms with Crippen molar-refractivity contribution < 1.29 is 8.78 Å². The van der Waals surface area contributed by atoms with Crippen LogP contribution < -0.4 is 5.32 Å². The van der Waals surface area contributed by atoms with Crippen molar-refractivity contribution in [1.29, 1.82) is 0 Å². The van der Waals surface area contributed by atoms with Gasteiger partial charge in [-0.1, -0.05) is 17.7 Å². The lowest BCUT2D eigenvalue weighted by atomic mass is 10.00. The predicted octanol–water partition coefficient (Wildman–Crippen LogP) is 3.45. The molecule has 2 rings (SSSR count). The van der Waals surface area contributed by atoms with Crippen molar-refractivity contribution in [2.24, 2.45) is 0 Å². The van der Waals surface area contributed by atoms with Crippen LogP contribution in [0.3, 0.4) is 0 Å². The van der Waals surface area contributed by atoms with E-state index in [0.29, 0.717) is 22.8 Å². The average molecular weight is 300 g/mol. The second kappa shape index (κ2) is 5.89. The van der Waals surface area contributed by atoms with Crippen LogP contribution in [0.4, 0.5) is 8.78 Å². The topological polar surface area (TPSA) is 29.9 Å². The maximum absolute atomic E-state index is 14.3. The van der Waals surface area contributed by atoms with E-state index in [1.807, 2.05) is 6.92 Å². The minimum absolute atomic E-state index is 0.0374. The number of benzene rings is 1. The van der Waals surface area contributed by atoms with E-state index in [0.717, 1.165) is 0 Å². The maximum Gasteiger partial charge on any atom is 0.134 e. The fourth-order valence-corrected chi connectivity index (χ4v) is 2.52. The summed E-state index contributed by atoms with van der Waals surface area (Å²) in [6, 6.07) is 1.99. The van der Waals surface area contributed by atoms with Crippen LogP contribution in [0.2, 0.25) is 5.02 Å². The highest BCUT2D eigenvalue weighted by Crippen LogP contribution is 2.32. The Hall–Kier alpha value is -1.46. The lowest BCUT2D eigenvalue weighted by Crippen LogP contribution is -2.24. The molecule has 0 amide bonds. The number of nitrogens with zero attached hydrogens (tertiary/aromatic N) is 2. The molecule has 3 nitrogen and oxygen atoms in total. The number of aryl methyl sites for hydroxylation is 2. The molecule has 0 fully saturated rings. The molecule has 108 valence electrons. The highest BCUT2D eigenvalue weighted by atomic mass is 35.5. The van der Waals surface area contributed by atoms with Crippen LogP contribution in [-0.2, 0) is 6.54 Å². The summed E-state index contributed by atoms with van der Waals surface area (Å²) < 4.78 is 30.0. The molecule has 1 heterocycles. The van der Waals surface area contributed by atoms with Crippen LogP contribution in [0, 0.1) is 18.6 Å². The van der Waals surface area contributed by atoms with Gasteiger partial charge in [-0.2, -0.15) is 5.10 Å². The molecule has 0 aliphatic rings. The Morgan fingerprint density at radius 2 is 2.10 bits per heavy atom. The second-order valence-electron chi connectivity index (χ2n) is 4.51. The third-order valence-corrected chi connectivity index (χ3v) is 3.59. The van der Waals surface area contributed by atoms with Crippen molar-refractivity contribution in [2.75, 3.05) is 7.05 Å². The summed E-state index contributed by atoms with van der Waals surface area (Å²) >= 11 is 6.12. The zero-order valence-corrected chi connectivity index (χ0v) is 12.3. The van der Waals surface area contributed by atoms with Gasteiger partial charge in [0.1, 0.15) is 11.6 Å². The monoisotopic (exact) mass is 299 g/mol. The zero-order valence-electron chi connectivity index (χ0n) is 11.5. The first kappa shape index (κ1) is 14.9. The Morgan fingerprint density at radius 3 is 2.70 bits per heavy atom. The summed E-state index contributed by atoms with van der Waals surface area (Å²) in [7, 11) is 1.63. The number of rotatable bonds is 4. The first-order valence-corrected chi connectivity index (χ1v) is 6.72. The van der Waals surface area contributed by atoms with Crippen LogP contribution in [-0.4, -0.2) is 16.8 Å². The minimum atomic E-state index is -0.690. The van der Waals surface area contributed by atoms with Gasteiger partial charge in [0.25, 0.3) is 0 Å². The van der Waals surface area contributed by atoms with Gasteiger partial charge in [0.05, 0.1) is 23.0 Å². The number of hydrogen-bond donors (Lipinski definition) is 1. The number of hydrogen-bond acceptors (Lipinski definition) is 2. The summed E-state index contributed by atoms with van der Waals surface area (Å²) in [6.07, 6.45) is 1.48. The molecule has 0 saturated carbocycles. The maximum atomic E-state index is 14.3. The highest BCUT2D eigenvalue weighted by molar-refractivity contribution is 6.31. The van der Waals surface area contributed by atoms with Gasteiger partial charge in [0, 0.05) is 12.1 Å². The van der Waals surface area contributed by atoms with Crippen LogP contribution >= 0.6 is 11.6 Å². The molecular weight excluding hydrogens is 284 g/mol. The smallest absolute Gasteiger partial charge is 0.134 e. The molecule has 1 aromatic carbocycles. The second-order valence-corrected chi connectivity index (χ2v) is 4.91. The van der Waals surface area contributed by atoms with E-state index in [-0.39, 0.29) is 5.56 Å². The lowest BCUT2D eigenvalue weighted by molar-refractivity contribution is 0.494. The van der Waals surface area contributed by atoms with E-state index >= 15 is 0 Å². The molecule has 0 spiro atoms. The molecule has 20 heavy (non-hydrogen) atoms. The van der Waals surface area contributed by atoms with E-state index in [1.165, 1.54) is 18.3 Å². The number of aromatic nitrogens is 2. The Bertz CT molecular complexity index is 625. The molecule has 2 aromatic rings. The lowest BCUT2D eigenvalue weighted by Gasteiger charge is -2.20. The van der Waals surface area contributed by atoms with Gasteiger partial charge in [0.2, 0.25) is 0 Å². The van der Waals surface area contributed by atoms with E-state index in [2.05, 4.69) is 10.4 Å². The average Bonchev–Trinajstić information content (AvgIpc) is 2.80. The summed E-state index contributed by atoms with van der Waals surface area (Å²) in [4.78, 5) is 0. The van der Waals surface area contributed by atoms with Crippen LogP contribution in [0.15, 0.2) is 18.3 Å². The van der Waals surface area contributed by atoms with E-state index in [9.17, 15) is 8.78 Å². The minimum Gasteiger partial charge on any atom is -0.308 e. The fourth-order valence-electron chi connectivity index (χ4n) is 2.27. The van der Waals surface area contributed by atoms with Gasteiger partial charge in [0.15, 0.2) is 0 Å². The largest absolute Gasteiger partial charge is 0.308 e. The fraction of sp³-hybridized carbons (Fsp3) is 0.357. The van der Waals surface area contributed by atoms with Gasteiger partial charge in [-0.15, -0.1) is 0 Å². The van der Waals surface area contributed by atoms with Crippen molar-refractivity contribution in [1.82, 2.24) is 15.1 Å². The predicted molar refractivity (Wildman–Crippen MR) is 74.9 cm³/mol. The van der Waals surface area contributed by atoms with E-state index < -0.39 is 17.7 Å². The van der Waals surface area contributed by atoms with Crippen molar-refractivity contribution in [3.8, 4) is 0 Å². The van der Waals surface area contributed by atoms with Gasteiger partial charge in [-0.05, 0) is 32.5 Å². The SMILES string of the molecule is CCn1ncc(Cl)c1C(NC)c1c(F)ccc(C)c1F. The van der Waals surface area contributed by atoms with Gasteiger partial charge >= 0.3 is 0 Å². The first-order valence-electron chi connectivity index (χ1n) is 6.34. The molecule has 0 aliphatic heterocycles. The summed E-state index contributed by atoms with van der Waals surface area (Å²) in [5.41, 5.74) is 0.907. The first-order chi connectivity index (χ1) is 9.51. The van der Waals surface area contributed by atoms with Gasteiger partial charge < -0.3 is 5.32 Å². The van der Waals surface area contributed by atoms with Crippen molar-refractivity contribution in [2.45, 2.75) is 26.4 Å². The molecule has 0 saturated heterocycles. The zero-order chi connectivity index (χ0) is 14.9. The molecule has 1 N–H and O–H groups in total. The van der Waals surface area contributed by atoms with E-state index in [4.69, 9.17) is 11.6 Å². The van der Waals surface area contributed by atoms with E-state index in [1.54, 1.807) is 18.7 Å². The van der Waals surface area contributed by atoms with Gasteiger partial charge in [-0.3, -0.25) is 4.68 Å². The third kappa shape index (κ3) is 2.43. The van der Waals surface area contributed by atoms with Crippen molar-refractivity contribution >= 4 is 11.6 Å². The summed E-state index contributed by atoms with van der Waals surface area (Å²) in [5, 5.41) is 7.41. The quantitative estimate of drug-likeness (QED) is 0.937. The summed E-state index contributed by atoms with van der Waals surface area (Å²) in [6.45, 7) is 4.06. The molecule has 0 aliphatic carbocycles. The Labute approximate surface area is 121 Å². The number of nitrogens with one attached hydrogen (secondary N) is 1. The molecule has 1 aromatic heterocycles. The van der Waals surface area contributed by atoms with Crippen LogP contribution in [0.25, 0.3) is 0 Å². The van der Waals surface area contributed by atoms with Crippen molar-refractivity contribution in [3.63, 3.8) is 0 Å². The Morgan fingerprint density at radius 1 is 1.40 bits per heavy atom. The standard InChI is InChI=1S/C14H16ClF2N3/c1-4-20-14(9(15)7-19-20)13(18-3)11-10(16)6-5-8(2)12(11)17/h5-7,13,18H,4H2,1-3H3. The molecule has 0 bridgehead atoms. The third-order valence-electron chi connectivity index (χ3n) is 3.30. The highest BCUT2D eigenvalue weighted by Gasteiger charge is 2.26. The number of halogens is 3. The molecule has 0 radical (unpaired) electrons. The Kier molecular flexibility index (Phi) is 4.40. The molecule has 1 atom stereocenters. The van der Waals surface area contributed by atoms with Crippen molar-refractivity contribution in [3.05, 3.63) is 51.8 Å². The van der Waals surface area contributed by atoms with Gasteiger partial charge in [-0.25, -0.2) is 8.78 Å². The van der Waals surface area contributed by atoms with Crippen LogP contribution in [0.1, 0.15) is 29.8 Å². The normalized spacial score (nSPS) is 12.7. The summed E-state index contributed by atoms with van der Waals surface area (Å²) in [5.74, 6) is -1.17.